The summed E-state index contributed by atoms with van der Waals surface area (Å²) in [6.45, 7) is 1.50. The first-order chi connectivity index (χ1) is 12.3. The lowest BCUT2D eigenvalue weighted by Crippen LogP contribution is -2.49. The van der Waals surface area contributed by atoms with Crippen molar-refractivity contribution in [1.82, 2.24) is 25.9 Å². The molecule has 0 spiro atoms. The van der Waals surface area contributed by atoms with Gasteiger partial charge in [-0.2, -0.15) is 5.10 Å². The predicted molar refractivity (Wildman–Crippen MR) is 91.4 cm³/mol. The molecule has 3 N–H and O–H groups in total. The van der Waals surface area contributed by atoms with E-state index in [1.165, 1.54) is 0 Å². The van der Waals surface area contributed by atoms with Gasteiger partial charge in [-0.3, -0.25) is 4.79 Å². The molecule has 4 rings (SSSR count). The maximum Gasteiger partial charge on any atom is 0.241 e. The second kappa shape index (κ2) is 7.20. The third-order valence-electron chi connectivity index (χ3n) is 4.82. The number of nitrogens with one attached hydrogen (secondary N) is 3. The predicted octanol–water partition coefficient (Wildman–Crippen LogP) is 1.08. The fourth-order valence-electron chi connectivity index (χ4n) is 3.45. The number of amides is 1. The zero-order valence-corrected chi connectivity index (χ0v) is 13.9. The molecule has 0 saturated carbocycles. The number of piperidine rings is 1. The number of hydrogen-bond acceptors (Lipinski definition) is 7. The van der Waals surface area contributed by atoms with Gasteiger partial charge in [-0.05, 0) is 43.5 Å². The molecule has 25 heavy (non-hydrogen) atoms. The minimum atomic E-state index is -0.209. The highest BCUT2D eigenvalue weighted by molar-refractivity contribution is 5.82. The highest BCUT2D eigenvalue weighted by atomic mass is 16.3. The summed E-state index contributed by atoms with van der Waals surface area (Å²) >= 11 is 0. The molecule has 2 aromatic rings. The quantitative estimate of drug-likeness (QED) is 0.765. The van der Waals surface area contributed by atoms with Gasteiger partial charge in [0, 0.05) is 25.3 Å². The van der Waals surface area contributed by atoms with Crippen LogP contribution in [-0.4, -0.2) is 46.2 Å². The fraction of sp³-hybridized carbons (Fsp3) is 0.471. The Kier molecular flexibility index (Phi) is 4.62. The van der Waals surface area contributed by atoms with Crippen molar-refractivity contribution in [3.63, 3.8) is 0 Å². The van der Waals surface area contributed by atoms with Crippen LogP contribution in [0.2, 0.25) is 0 Å². The van der Waals surface area contributed by atoms with Gasteiger partial charge in [0.05, 0.1) is 12.3 Å². The summed E-state index contributed by atoms with van der Waals surface area (Å²) in [4.78, 5) is 14.7. The zero-order chi connectivity index (χ0) is 17.1. The molecular formula is C17H22N6O2. The van der Waals surface area contributed by atoms with Crippen LogP contribution in [0.1, 0.15) is 31.1 Å². The smallest absolute Gasteiger partial charge is 0.241 e. The number of likely N-dealkylation sites (tertiary alicyclic amines) is 1. The van der Waals surface area contributed by atoms with Crippen molar-refractivity contribution in [3.8, 4) is 0 Å². The average molecular weight is 342 g/mol. The molecule has 0 bridgehead atoms. The van der Waals surface area contributed by atoms with Crippen molar-refractivity contribution in [2.75, 3.05) is 18.4 Å². The molecule has 2 aliphatic heterocycles. The van der Waals surface area contributed by atoms with E-state index < -0.39 is 0 Å². The van der Waals surface area contributed by atoms with Crippen LogP contribution in [0.5, 0.6) is 0 Å². The standard InChI is InChI=1S/C17H22N6O2/c24-17(14-11-13(20-21-14)15-3-2-10-25-15)23-8-5-12(6-9-23)19-16-4-1-7-18-22-16/h1-4,7,10,12-14,20-21H,5-6,8-9,11H2,(H,19,22). The molecule has 132 valence electrons. The Bertz CT molecular complexity index is 684. The highest BCUT2D eigenvalue weighted by Gasteiger charge is 2.35. The molecule has 4 heterocycles. The zero-order valence-electron chi connectivity index (χ0n) is 13.9. The molecule has 0 aromatic carbocycles. The van der Waals surface area contributed by atoms with Crippen molar-refractivity contribution in [2.24, 2.45) is 0 Å². The van der Waals surface area contributed by atoms with Crippen molar-refractivity contribution < 1.29 is 9.21 Å². The van der Waals surface area contributed by atoms with E-state index in [0.717, 1.165) is 37.5 Å². The molecule has 2 aliphatic rings. The minimum Gasteiger partial charge on any atom is -0.468 e. The van der Waals surface area contributed by atoms with E-state index in [9.17, 15) is 4.79 Å². The van der Waals surface area contributed by atoms with Crippen LogP contribution >= 0.6 is 0 Å². The Labute approximate surface area is 146 Å². The Morgan fingerprint density at radius 3 is 2.84 bits per heavy atom. The molecule has 2 aromatic heterocycles. The maximum absolute atomic E-state index is 12.7. The van der Waals surface area contributed by atoms with Crippen molar-refractivity contribution in [2.45, 2.75) is 37.4 Å². The van der Waals surface area contributed by atoms with Gasteiger partial charge in [0.25, 0.3) is 0 Å². The SMILES string of the molecule is O=C(C1CC(c2ccco2)NN1)N1CCC(Nc2cccnn2)CC1. The molecule has 2 unspecified atom stereocenters. The number of hydrogen-bond donors (Lipinski definition) is 3. The van der Waals surface area contributed by atoms with Crippen LogP contribution in [0.25, 0.3) is 0 Å². The number of aromatic nitrogens is 2. The second-order valence-electron chi connectivity index (χ2n) is 6.50. The summed E-state index contributed by atoms with van der Waals surface area (Å²) < 4.78 is 5.41. The monoisotopic (exact) mass is 342 g/mol. The minimum absolute atomic E-state index is 0.0415. The first-order valence-electron chi connectivity index (χ1n) is 8.67. The van der Waals surface area contributed by atoms with E-state index in [1.54, 1.807) is 12.5 Å². The van der Waals surface area contributed by atoms with Gasteiger partial charge in [-0.1, -0.05) is 0 Å². The van der Waals surface area contributed by atoms with Crippen LogP contribution in [0.15, 0.2) is 41.1 Å². The molecule has 0 radical (unpaired) electrons. The number of hydrazine groups is 1. The molecule has 8 nitrogen and oxygen atoms in total. The Hall–Kier alpha value is -2.45. The van der Waals surface area contributed by atoms with Gasteiger partial charge in [0.15, 0.2) is 0 Å². The summed E-state index contributed by atoms with van der Waals surface area (Å²) in [5.41, 5.74) is 6.26. The van der Waals surface area contributed by atoms with E-state index in [-0.39, 0.29) is 18.0 Å². The number of nitrogens with zero attached hydrogens (tertiary/aromatic N) is 3. The van der Waals surface area contributed by atoms with Crippen LogP contribution in [0.4, 0.5) is 5.82 Å². The Morgan fingerprint density at radius 1 is 1.24 bits per heavy atom. The third kappa shape index (κ3) is 3.64. The van der Waals surface area contributed by atoms with Gasteiger partial charge < -0.3 is 14.6 Å². The Balaban J connectivity index is 1.27. The summed E-state index contributed by atoms with van der Waals surface area (Å²) in [5, 5.41) is 11.3. The van der Waals surface area contributed by atoms with Gasteiger partial charge in [-0.25, -0.2) is 10.9 Å². The van der Waals surface area contributed by atoms with Crippen molar-refractivity contribution in [1.29, 1.82) is 0 Å². The van der Waals surface area contributed by atoms with Crippen molar-refractivity contribution >= 4 is 11.7 Å². The lowest BCUT2D eigenvalue weighted by atomic mass is 10.0. The number of carbonyl (C=O) groups excluding carboxylic acids is 1. The maximum atomic E-state index is 12.7. The molecule has 2 saturated heterocycles. The summed E-state index contributed by atoms with van der Waals surface area (Å²) in [6, 6.07) is 7.72. The van der Waals surface area contributed by atoms with Gasteiger partial charge in [0.2, 0.25) is 5.91 Å². The number of carbonyl (C=O) groups is 1. The average Bonchev–Trinajstić information content (AvgIpc) is 3.34. The first-order valence-corrected chi connectivity index (χ1v) is 8.67. The summed E-state index contributed by atoms with van der Waals surface area (Å²) in [5.74, 6) is 1.80. The Morgan fingerprint density at radius 2 is 2.12 bits per heavy atom. The largest absolute Gasteiger partial charge is 0.468 e. The lowest BCUT2D eigenvalue weighted by Gasteiger charge is -2.33. The van der Waals surface area contributed by atoms with E-state index in [2.05, 4.69) is 26.4 Å². The third-order valence-corrected chi connectivity index (χ3v) is 4.82. The summed E-state index contributed by atoms with van der Waals surface area (Å²) in [6.07, 6.45) is 5.82. The van der Waals surface area contributed by atoms with Crippen LogP contribution in [0, 0.1) is 0 Å². The van der Waals surface area contributed by atoms with E-state index in [4.69, 9.17) is 4.42 Å². The molecular weight excluding hydrogens is 320 g/mol. The van der Waals surface area contributed by atoms with E-state index >= 15 is 0 Å². The van der Waals surface area contributed by atoms with Crippen LogP contribution in [0.3, 0.4) is 0 Å². The van der Waals surface area contributed by atoms with Gasteiger partial charge in [0.1, 0.15) is 17.6 Å². The lowest BCUT2D eigenvalue weighted by molar-refractivity contribution is -0.134. The topological polar surface area (TPSA) is 95.3 Å². The van der Waals surface area contributed by atoms with Gasteiger partial charge in [-0.15, -0.1) is 5.10 Å². The fourth-order valence-corrected chi connectivity index (χ4v) is 3.45. The molecule has 2 atom stereocenters. The first kappa shape index (κ1) is 16.0. The second-order valence-corrected chi connectivity index (χ2v) is 6.50. The number of furan rings is 1. The number of rotatable bonds is 4. The van der Waals surface area contributed by atoms with Crippen LogP contribution in [-0.2, 0) is 4.79 Å². The van der Waals surface area contributed by atoms with Crippen molar-refractivity contribution in [3.05, 3.63) is 42.5 Å². The van der Waals surface area contributed by atoms with Gasteiger partial charge >= 0.3 is 0 Å². The van der Waals surface area contributed by atoms with E-state index in [1.807, 2.05) is 29.2 Å². The molecule has 0 aliphatic carbocycles. The molecule has 2 fully saturated rings. The normalized spacial score (nSPS) is 24.4. The number of anilines is 1. The van der Waals surface area contributed by atoms with Crippen LogP contribution < -0.4 is 16.2 Å². The van der Waals surface area contributed by atoms with E-state index in [0.29, 0.717) is 12.5 Å². The highest BCUT2D eigenvalue weighted by Crippen LogP contribution is 2.24. The summed E-state index contributed by atoms with van der Waals surface area (Å²) in [7, 11) is 0. The molecule has 1 amide bonds. The molecule has 8 heteroatoms.